The summed E-state index contributed by atoms with van der Waals surface area (Å²) in [6.45, 7) is 2.49. The molecule has 3 aromatic carbocycles. The van der Waals surface area contributed by atoms with E-state index in [2.05, 4.69) is 29.4 Å². The molecule has 1 aliphatic rings. The minimum absolute atomic E-state index is 0.297. The number of aliphatic imine (C=N–C) groups is 1. The van der Waals surface area contributed by atoms with Crippen LogP contribution < -0.4 is 5.32 Å². The van der Waals surface area contributed by atoms with Gasteiger partial charge in [-0.25, -0.2) is 9.97 Å². The summed E-state index contributed by atoms with van der Waals surface area (Å²) in [4.78, 5) is 36.6. The number of rotatable bonds is 5. The number of carbonyl (C=O) groups excluding carboxylic acids is 2. The number of fused-ring (bicyclic) bond motifs is 3. The van der Waals surface area contributed by atoms with Crippen molar-refractivity contribution in [2.45, 2.75) is 13.5 Å². The zero-order valence-electron chi connectivity index (χ0n) is 18.2. The van der Waals surface area contributed by atoms with E-state index in [0.717, 1.165) is 39.2 Å². The average molecular weight is 467 g/mol. The third kappa shape index (κ3) is 4.00. The van der Waals surface area contributed by atoms with Crippen molar-refractivity contribution in [2.75, 3.05) is 5.32 Å². The van der Waals surface area contributed by atoms with Crippen molar-refractivity contribution < 1.29 is 9.59 Å². The van der Waals surface area contributed by atoms with Crippen LogP contribution in [0.2, 0.25) is 5.02 Å². The van der Waals surface area contributed by atoms with E-state index in [0.29, 0.717) is 46.9 Å². The Bertz CT molecular complexity index is 1480. The number of hydrogen-bond acceptors (Lipinski definition) is 6. The zero-order chi connectivity index (χ0) is 23.7. The largest absolute Gasteiger partial charge is 0.324 e. The van der Waals surface area contributed by atoms with Crippen molar-refractivity contribution in [1.29, 1.82) is 0 Å². The maximum absolute atomic E-state index is 11.3. The second-order valence-electron chi connectivity index (χ2n) is 7.94. The molecule has 6 nitrogen and oxygen atoms in total. The molecule has 166 valence electrons. The van der Waals surface area contributed by atoms with Crippen LogP contribution >= 0.6 is 11.6 Å². The highest BCUT2D eigenvalue weighted by Crippen LogP contribution is 2.34. The molecule has 34 heavy (non-hydrogen) atoms. The number of hydrogen-bond donors (Lipinski definition) is 1. The van der Waals surface area contributed by atoms with Crippen LogP contribution in [-0.4, -0.2) is 28.3 Å². The number of aromatic nitrogens is 2. The summed E-state index contributed by atoms with van der Waals surface area (Å²) in [5.41, 5.74) is 7.73. The van der Waals surface area contributed by atoms with Crippen molar-refractivity contribution >= 4 is 41.5 Å². The van der Waals surface area contributed by atoms with E-state index in [1.165, 1.54) is 0 Å². The van der Waals surface area contributed by atoms with Crippen LogP contribution in [0, 0.1) is 6.92 Å². The van der Waals surface area contributed by atoms with E-state index in [9.17, 15) is 9.59 Å². The minimum atomic E-state index is 0.297. The van der Waals surface area contributed by atoms with Gasteiger partial charge in [0.2, 0.25) is 5.95 Å². The van der Waals surface area contributed by atoms with Gasteiger partial charge in [-0.1, -0.05) is 41.9 Å². The van der Waals surface area contributed by atoms with Crippen molar-refractivity contribution in [2.24, 2.45) is 4.99 Å². The van der Waals surface area contributed by atoms with Gasteiger partial charge in [0, 0.05) is 50.3 Å². The van der Waals surface area contributed by atoms with Gasteiger partial charge in [-0.2, -0.15) is 0 Å². The molecule has 0 saturated carbocycles. The molecular formula is C27H19ClN4O2. The third-order valence-corrected chi connectivity index (χ3v) is 6.00. The standard InChI is InChI=1S/C27H19ClN4O2/c1-16-4-2-3-5-22(16)26-24-11-20(28)7-9-23(24)25-19(12-29-26)13-30-27(32-25)31-21-8-6-17(14-33)18(10-21)15-34/h2-11,13-15H,12H2,1H3,(H,30,31,32). The summed E-state index contributed by atoms with van der Waals surface area (Å²) in [6.07, 6.45) is 3.06. The van der Waals surface area contributed by atoms with Gasteiger partial charge in [0.1, 0.15) is 0 Å². The van der Waals surface area contributed by atoms with Crippen LogP contribution in [0.4, 0.5) is 11.6 Å². The summed E-state index contributed by atoms with van der Waals surface area (Å²) < 4.78 is 0. The van der Waals surface area contributed by atoms with Gasteiger partial charge in [-0.05, 0) is 42.8 Å². The first-order valence-electron chi connectivity index (χ1n) is 10.7. The summed E-state index contributed by atoms with van der Waals surface area (Å²) in [5.74, 6) is 0.370. The van der Waals surface area contributed by atoms with Crippen molar-refractivity contribution in [3.63, 3.8) is 0 Å². The number of aldehydes is 2. The molecular weight excluding hydrogens is 448 g/mol. The van der Waals surface area contributed by atoms with Crippen molar-refractivity contribution in [3.05, 3.63) is 105 Å². The molecule has 0 aliphatic carbocycles. The Morgan fingerprint density at radius 2 is 1.74 bits per heavy atom. The van der Waals surface area contributed by atoms with E-state index >= 15 is 0 Å². The van der Waals surface area contributed by atoms with Gasteiger partial charge in [0.05, 0.1) is 18.0 Å². The van der Waals surface area contributed by atoms with Crippen molar-refractivity contribution in [1.82, 2.24) is 9.97 Å². The second kappa shape index (κ2) is 9.00. The molecule has 0 bridgehead atoms. The molecule has 1 N–H and O–H groups in total. The number of halogens is 1. The lowest BCUT2D eigenvalue weighted by Crippen LogP contribution is -2.07. The third-order valence-electron chi connectivity index (χ3n) is 5.76. The number of nitrogens with one attached hydrogen (secondary N) is 1. The quantitative estimate of drug-likeness (QED) is 0.374. The minimum Gasteiger partial charge on any atom is -0.324 e. The molecule has 0 radical (unpaired) electrons. The summed E-state index contributed by atoms with van der Waals surface area (Å²) in [6, 6.07) is 18.7. The molecule has 4 aromatic rings. The van der Waals surface area contributed by atoms with Gasteiger partial charge >= 0.3 is 0 Å². The van der Waals surface area contributed by atoms with E-state index in [-0.39, 0.29) is 0 Å². The number of nitrogens with zero attached hydrogens (tertiary/aromatic N) is 3. The Morgan fingerprint density at radius 3 is 2.53 bits per heavy atom. The lowest BCUT2D eigenvalue weighted by Gasteiger charge is -2.14. The topological polar surface area (TPSA) is 84.3 Å². The highest BCUT2D eigenvalue weighted by atomic mass is 35.5. The Morgan fingerprint density at radius 1 is 0.912 bits per heavy atom. The fourth-order valence-electron chi connectivity index (χ4n) is 4.04. The lowest BCUT2D eigenvalue weighted by atomic mass is 9.93. The Hall–Kier alpha value is -4.16. The average Bonchev–Trinajstić information content (AvgIpc) is 3.00. The normalized spacial score (nSPS) is 12.1. The van der Waals surface area contributed by atoms with Gasteiger partial charge in [-0.3, -0.25) is 14.6 Å². The summed E-state index contributed by atoms with van der Waals surface area (Å²) >= 11 is 6.39. The number of carbonyl (C=O) groups is 2. The van der Waals surface area contributed by atoms with E-state index < -0.39 is 0 Å². The zero-order valence-corrected chi connectivity index (χ0v) is 19.0. The molecule has 0 amide bonds. The monoisotopic (exact) mass is 466 g/mol. The van der Waals surface area contributed by atoms with Crippen LogP contribution in [0.5, 0.6) is 0 Å². The number of aryl methyl sites for hydroxylation is 1. The van der Waals surface area contributed by atoms with Crippen LogP contribution in [0.3, 0.4) is 0 Å². The SMILES string of the molecule is Cc1ccccc1C1=NCc2cnc(Nc3ccc(C=O)c(C=O)c3)nc2-c2ccc(Cl)cc21. The summed E-state index contributed by atoms with van der Waals surface area (Å²) in [5, 5.41) is 3.75. The van der Waals surface area contributed by atoms with Gasteiger partial charge in [0.15, 0.2) is 12.6 Å². The maximum atomic E-state index is 11.3. The smallest absolute Gasteiger partial charge is 0.227 e. The predicted molar refractivity (Wildman–Crippen MR) is 133 cm³/mol. The lowest BCUT2D eigenvalue weighted by molar-refractivity contribution is 0.109. The van der Waals surface area contributed by atoms with Crippen molar-refractivity contribution in [3.8, 4) is 11.3 Å². The number of anilines is 2. The molecule has 7 heteroatoms. The first-order valence-corrected chi connectivity index (χ1v) is 11.0. The Balaban J connectivity index is 1.59. The van der Waals surface area contributed by atoms with Gasteiger partial charge < -0.3 is 5.32 Å². The molecule has 0 fully saturated rings. The molecule has 0 spiro atoms. The molecule has 2 heterocycles. The van der Waals surface area contributed by atoms with E-state index in [4.69, 9.17) is 21.6 Å². The molecule has 5 rings (SSSR count). The van der Waals surface area contributed by atoms with E-state index in [1.54, 1.807) is 24.4 Å². The Kier molecular flexibility index (Phi) is 5.74. The highest BCUT2D eigenvalue weighted by molar-refractivity contribution is 6.31. The second-order valence-corrected chi connectivity index (χ2v) is 8.38. The van der Waals surface area contributed by atoms with Crippen LogP contribution in [0.1, 0.15) is 43.0 Å². The highest BCUT2D eigenvalue weighted by Gasteiger charge is 2.22. The number of benzene rings is 3. The first kappa shape index (κ1) is 21.7. The molecule has 0 unspecified atom stereocenters. The molecule has 0 atom stereocenters. The summed E-state index contributed by atoms with van der Waals surface area (Å²) in [7, 11) is 0. The molecule has 1 aromatic heterocycles. The van der Waals surface area contributed by atoms with Crippen LogP contribution in [0.15, 0.2) is 71.9 Å². The van der Waals surface area contributed by atoms with Gasteiger partial charge in [-0.15, -0.1) is 0 Å². The molecule has 0 saturated heterocycles. The van der Waals surface area contributed by atoms with Gasteiger partial charge in [0.25, 0.3) is 0 Å². The Labute approximate surface area is 201 Å². The maximum Gasteiger partial charge on any atom is 0.227 e. The van der Waals surface area contributed by atoms with E-state index in [1.807, 2.05) is 30.3 Å². The first-order chi connectivity index (χ1) is 16.6. The predicted octanol–water partition coefficient (Wildman–Crippen LogP) is 5.83. The fraction of sp³-hybridized carbons (Fsp3) is 0.0741. The molecule has 1 aliphatic heterocycles. The van der Waals surface area contributed by atoms with Crippen LogP contribution in [0.25, 0.3) is 11.3 Å². The fourth-order valence-corrected chi connectivity index (χ4v) is 4.22. The van der Waals surface area contributed by atoms with Crippen LogP contribution in [-0.2, 0) is 6.54 Å².